The molecule has 0 aromatic carbocycles. The van der Waals surface area contributed by atoms with E-state index < -0.39 is 17.9 Å². The second kappa shape index (κ2) is 4.55. The molecule has 15 heavy (non-hydrogen) atoms. The van der Waals surface area contributed by atoms with E-state index in [9.17, 15) is 13.9 Å². The zero-order chi connectivity index (χ0) is 11.4. The van der Waals surface area contributed by atoms with Crippen molar-refractivity contribution in [3.05, 3.63) is 17.3 Å². The molecule has 1 heterocycles. The molecule has 0 saturated carbocycles. The number of methoxy groups -OCH3 is 1. The Morgan fingerprint density at radius 2 is 2.33 bits per heavy atom. The number of aromatic hydroxyl groups is 1. The van der Waals surface area contributed by atoms with Crippen LogP contribution in [-0.4, -0.2) is 17.2 Å². The van der Waals surface area contributed by atoms with Crippen LogP contribution in [0.1, 0.15) is 17.7 Å². The third kappa shape index (κ3) is 2.31. The molecule has 0 fully saturated rings. The lowest BCUT2D eigenvalue weighted by atomic mass is 10.2. The van der Waals surface area contributed by atoms with Crippen LogP contribution in [0.15, 0.2) is 6.07 Å². The number of nitrogens with zero attached hydrogens (tertiary/aromatic N) is 2. The first-order valence-corrected chi connectivity index (χ1v) is 4.02. The Kier molecular flexibility index (Phi) is 3.39. The maximum atomic E-state index is 12.3. The highest BCUT2D eigenvalue weighted by Gasteiger charge is 2.18. The van der Waals surface area contributed by atoms with E-state index in [4.69, 9.17) is 10.00 Å². The van der Waals surface area contributed by atoms with Gasteiger partial charge in [-0.3, -0.25) is 0 Å². The van der Waals surface area contributed by atoms with Gasteiger partial charge in [0.2, 0.25) is 5.88 Å². The van der Waals surface area contributed by atoms with Gasteiger partial charge in [0, 0.05) is 5.56 Å². The number of halogens is 2. The average Bonchev–Trinajstić information content (AvgIpc) is 2.18. The van der Waals surface area contributed by atoms with E-state index in [0.29, 0.717) is 0 Å². The number of hydrogen-bond acceptors (Lipinski definition) is 4. The molecule has 1 aromatic heterocycles. The number of nitriles is 1. The Morgan fingerprint density at radius 3 is 2.80 bits per heavy atom. The molecule has 0 aliphatic carbocycles. The minimum absolute atomic E-state index is 0.0623. The Labute approximate surface area is 84.7 Å². The fraction of sp³-hybridized carbons (Fsp3) is 0.333. The Balaban J connectivity index is 3.24. The van der Waals surface area contributed by atoms with E-state index in [1.54, 1.807) is 0 Å². The summed E-state index contributed by atoms with van der Waals surface area (Å²) >= 11 is 0. The standard InChI is InChI=1S/C9H8F2N2O2/c1-15-9-5(2-3-12)4-6(14)7(13-9)8(10)11/h4,8,14H,2H2,1H3. The summed E-state index contributed by atoms with van der Waals surface area (Å²) in [5.41, 5.74) is -0.463. The molecule has 0 atom stereocenters. The molecular weight excluding hydrogens is 206 g/mol. The summed E-state index contributed by atoms with van der Waals surface area (Å²) in [6.45, 7) is 0. The second-order valence-corrected chi connectivity index (χ2v) is 2.70. The van der Waals surface area contributed by atoms with E-state index in [0.717, 1.165) is 6.07 Å². The number of aromatic nitrogens is 1. The third-order valence-corrected chi connectivity index (χ3v) is 1.74. The van der Waals surface area contributed by atoms with Gasteiger partial charge >= 0.3 is 0 Å². The van der Waals surface area contributed by atoms with Crippen molar-refractivity contribution in [3.8, 4) is 17.7 Å². The summed E-state index contributed by atoms with van der Waals surface area (Å²) in [7, 11) is 1.26. The van der Waals surface area contributed by atoms with Crippen molar-refractivity contribution in [1.29, 1.82) is 5.26 Å². The van der Waals surface area contributed by atoms with Crippen LogP contribution in [0, 0.1) is 11.3 Å². The minimum atomic E-state index is -2.88. The van der Waals surface area contributed by atoms with Gasteiger partial charge in [-0.1, -0.05) is 0 Å². The molecule has 6 heteroatoms. The van der Waals surface area contributed by atoms with Gasteiger partial charge in [0.05, 0.1) is 19.6 Å². The monoisotopic (exact) mass is 214 g/mol. The lowest BCUT2D eigenvalue weighted by Crippen LogP contribution is -1.99. The number of rotatable bonds is 3. The Morgan fingerprint density at radius 1 is 1.67 bits per heavy atom. The smallest absolute Gasteiger partial charge is 0.284 e. The Bertz CT molecular complexity index is 402. The predicted octanol–water partition coefficient (Wildman–Crippen LogP) is 1.80. The van der Waals surface area contributed by atoms with Crippen molar-refractivity contribution in [2.45, 2.75) is 12.8 Å². The predicted molar refractivity (Wildman–Crippen MR) is 46.7 cm³/mol. The highest BCUT2D eigenvalue weighted by Crippen LogP contribution is 2.31. The fourth-order valence-electron chi connectivity index (χ4n) is 1.09. The maximum Gasteiger partial charge on any atom is 0.284 e. The zero-order valence-corrected chi connectivity index (χ0v) is 7.87. The molecule has 0 aliphatic heterocycles. The SMILES string of the molecule is COc1nc(C(F)F)c(O)cc1CC#N. The first-order chi connectivity index (χ1) is 7.10. The zero-order valence-electron chi connectivity index (χ0n) is 7.87. The highest BCUT2D eigenvalue weighted by molar-refractivity contribution is 5.39. The van der Waals surface area contributed by atoms with E-state index >= 15 is 0 Å². The summed E-state index contributed by atoms with van der Waals surface area (Å²) in [6.07, 6.45) is -2.94. The molecule has 0 unspecified atom stereocenters. The van der Waals surface area contributed by atoms with Gasteiger partial charge in [-0.05, 0) is 6.07 Å². The second-order valence-electron chi connectivity index (χ2n) is 2.70. The van der Waals surface area contributed by atoms with Gasteiger partial charge in [0.15, 0.2) is 5.69 Å². The van der Waals surface area contributed by atoms with Gasteiger partial charge in [-0.2, -0.15) is 5.26 Å². The van der Waals surface area contributed by atoms with Crippen LogP contribution in [0.3, 0.4) is 0 Å². The fourth-order valence-corrected chi connectivity index (χ4v) is 1.09. The number of alkyl halides is 2. The largest absolute Gasteiger partial charge is 0.506 e. The van der Waals surface area contributed by atoms with Crippen LogP contribution >= 0.6 is 0 Å². The first-order valence-electron chi connectivity index (χ1n) is 4.02. The van der Waals surface area contributed by atoms with Crippen LogP contribution in [0.5, 0.6) is 11.6 Å². The van der Waals surface area contributed by atoms with E-state index in [1.807, 2.05) is 6.07 Å². The molecule has 80 valence electrons. The van der Waals surface area contributed by atoms with Crippen LogP contribution in [-0.2, 0) is 6.42 Å². The highest BCUT2D eigenvalue weighted by atomic mass is 19.3. The van der Waals surface area contributed by atoms with Gasteiger partial charge < -0.3 is 9.84 Å². The average molecular weight is 214 g/mol. The van der Waals surface area contributed by atoms with Crippen molar-refractivity contribution in [2.75, 3.05) is 7.11 Å². The van der Waals surface area contributed by atoms with Gasteiger partial charge in [-0.25, -0.2) is 13.8 Å². The number of ether oxygens (including phenoxy) is 1. The summed E-state index contributed by atoms with van der Waals surface area (Å²) in [6, 6.07) is 2.88. The molecule has 0 amide bonds. The lowest BCUT2D eigenvalue weighted by molar-refractivity contribution is 0.140. The minimum Gasteiger partial charge on any atom is -0.506 e. The summed E-state index contributed by atoms with van der Waals surface area (Å²) in [5, 5.41) is 17.6. The third-order valence-electron chi connectivity index (χ3n) is 1.74. The molecule has 1 rings (SSSR count). The quantitative estimate of drug-likeness (QED) is 0.833. The molecule has 1 aromatic rings. The maximum absolute atomic E-state index is 12.3. The summed E-state index contributed by atoms with van der Waals surface area (Å²) in [5.74, 6) is -0.694. The molecule has 0 saturated heterocycles. The normalized spacial score (nSPS) is 10.1. The molecular formula is C9H8F2N2O2. The number of pyridine rings is 1. The van der Waals surface area contributed by atoms with Crippen molar-refractivity contribution < 1.29 is 18.6 Å². The van der Waals surface area contributed by atoms with Crippen LogP contribution in [0.2, 0.25) is 0 Å². The number of hydrogen-bond donors (Lipinski definition) is 1. The van der Waals surface area contributed by atoms with Gasteiger partial charge in [-0.15, -0.1) is 0 Å². The molecule has 1 N–H and O–H groups in total. The topological polar surface area (TPSA) is 66.1 Å². The molecule has 4 nitrogen and oxygen atoms in total. The van der Waals surface area contributed by atoms with E-state index in [1.165, 1.54) is 7.11 Å². The van der Waals surface area contributed by atoms with Crippen molar-refractivity contribution in [2.24, 2.45) is 0 Å². The molecule has 0 spiro atoms. The van der Waals surface area contributed by atoms with E-state index in [-0.39, 0.29) is 17.9 Å². The Hall–Kier alpha value is -1.90. The van der Waals surface area contributed by atoms with Gasteiger partial charge in [0.1, 0.15) is 5.75 Å². The molecule has 0 aliphatic rings. The van der Waals surface area contributed by atoms with Crippen molar-refractivity contribution in [1.82, 2.24) is 4.98 Å². The van der Waals surface area contributed by atoms with Crippen molar-refractivity contribution >= 4 is 0 Å². The lowest BCUT2D eigenvalue weighted by Gasteiger charge is -2.08. The van der Waals surface area contributed by atoms with Crippen LogP contribution in [0.4, 0.5) is 8.78 Å². The van der Waals surface area contributed by atoms with Gasteiger partial charge in [0.25, 0.3) is 6.43 Å². The molecule has 0 bridgehead atoms. The van der Waals surface area contributed by atoms with Crippen LogP contribution in [0.25, 0.3) is 0 Å². The van der Waals surface area contributed by atoms with E-state index in [2.05, 4.69) is 4.98 Å². The first kappa shape index (κ1) is 11.2. The summed E-state index contributed by atoms with van der Waals surface area (Å²) < 4.78 is 29.4. The molecule has 0 radical (unpaired) electrons. The van der Waals surface area contributed by atoms with Crippen LogP contribution < -0.4 is 4.74 Å². The van der Waals surface area contributed by atoms with Crippen molar-refractivity contribution in [3.63, 3.8) is 0 Å². The summed E-state index contributed by atoms with van der Waals surface area (Å²) in [4.78, 5) is 3.44.